The van der Waals surface area contributed by atoms with Gasteiger partial charge in [0.25, 0.3) is 5.91 Å². The molecule has 1 unspecified atom stereocenters. The minimum absolute atomic E-state index is 0.101. The van der Waals surface area contributed by atoms with Gasteiger partial charge in [0.1, 0.15) is 0 Å². The van der Waals surface area contributed by atoms with E-state index in [1.54, 1.807) is 37.4 Å². The van der Waals surface area contributed by atoms with E-state index in [9.17, 15) is 9.59 Å². The van der Waals surface area contributed by atoms with Crippen LogP contribution in [-0.4, -0.2) is 29.7 Å². The van der Waals surface area contributed by atoms with E-state index in [-0.39, 0.29) is 24.2 Å². The van der Waals surface area contributed by atoms with Gasteiger partial charge in [0.05, 0.1) is 12.0 Å². The van der Waals surface area contributed by atoms with E-state index >= 15 is 0 Å². The van der Waals surface area contributed by atoms with E-state index < -0.39 is 5.54 Å². The molecule has 1 aliphatic rings. The number of rotatable bonds is 3. The lowest BCUT2D eigenvalue weighted by Gasteiger charge is -2.33. The number of benzene rings is 2. The predicted octanol–water partition coefficient (Wildman–Crippen LogP) is 2.98. The lowest BCUT2D eigenvalue weighted by molar-refractivity contribution is -0.128. The quantitative estimate of drug-likeness (QED) is 0.870. The van der Waals surface area contributed by atoms with Crippen molar-refractivity contribution in [3.63, 3.8) is 0 Å². The lowest BCUT2D eigenvalue weighted by atomic mass is 9.87. The SMILES string of the molecule is CN1C(=O)CC(C)(c2cccc(NC(=O)c3ccc(Cl)cc3)c2)N=C1N. The van der Waals surface area contributed by atoms with Gasteiger partial charge in [-0.25, -0.2) is 4.99 Å². The van der Waals surface area contributed by atoms with Crippen LogP contribution in [0.25, 0.3) is 0 Å². The van der Waals surface area contributed by atoms with Crippen LogP contribution in [0.1, 0.15) is 29.3 Å². The molecule has 3 rings (SSSR count). The number of guanidine groups is 1. The fourth-order valence-electron chi connectivity index (χ4n) is 2.81. The van der Waals surface area contributed by atoms with E-state index in [1.807, 2.05) is 25.1 Å². The largest absolute Gasteiger partial charge is 0.369 e. The number of halogens is 1. The molecular formula is C19H19ClN4O2. The Labute approximate surface area is 156 Å². The molecule has 7 heteroatoms. The molecule has 134 valence electrons. The lowest BCUT2D eigenvalue weighted by Crippen LogP contribution is -2.47. The highest BCUT2D eigenvalue weighted by Crippen LogP contribution is 2.34. The van der Waals surface area contributed by atoms with Crippen LogP contribution in [-0.2, 0) is 10.3 Å². The Hall–Kier alpha value is -2.86. The highest BCUT2D eigenvalue weighted by Gasteiger charge is 2.36. The molecule has 2 amide bonds. The Bertz CT molecular complexity index is 895. The van der Waals surface area contributed by atoms with E-state index in [2.05, 4.69) is 10.3 Å². The third-order valence-electron chi connectivity index (χ3n) is 4.42. The summed E-state index contributed by atoms with van der Waals surface area (Å²) in [5, 5.41) is 3.42. The fourth-order valence-corrected chi connectivity index (χ4v) is 2.94. The van der Waals surface area contributed by atoms with E-state index in [0.29, 0.717) is 16.3 Å². The summed E-state index contributed by atoms with van der Waals surface area (Å²) >= 11 is 5.85. The molecule has 0 fully saturated rings. The molecule has 0 aromatic heterocycles. The van der Waals surface area contributed by atoms with E-state index in [4.69, 9.17) is 17.3 Å². The zero-order chi connectivity index (χ0) is 18.9. The normalized spacial score (nSPS) is 19.9. The molecule has 0 bridgehead atoms. The summed E-state index contributed by atoms with van der Waals surface area (Å²) in [5.74, 6) is -0.165. The van der Waals surface area contributed by atoms with Crippen molar-refractivity contribution in [1.29, 1.82) is 0 Å². The Balaban J connectivity index is 1.85. The number of carbonyl (C=O) groups excluding carboxylic acids is 2. The molecule has 0 aliphatic carbocycles. The summed E-state index contributed by atoms with van der Waals surface area (Å²) in [7, 11) is 1.60. The minimum Gasteiger partial charge on any atom is -0.369 e. The molecule has 1 heterocycles. The van der Waals surface area contributed by atoms with Crippen LogP contribution in [0, 0.1) is 0 Å². The molecule has 26 heavy (non-hydrogen) atoms. The monoisotopic (exact) mass is 370 g/mol. The van der Waals surface area contributed by atoms with Gasteiger partial charge in [-0.15, -0.1) is 0 Å². The zero-order valence-corrected chi connectivity index (χ0v) is 15.2. The van der Waals surface area contributed by atoms with Crippen LogP contribution in [0.4, 0.5) is 5.69 Å². The number of hydrogen-bond donors (Lipinski definition) is 2. The first-order chi connectivity index (χ1) is 12.3. The maximum Gasteiger partial charge on any atom is 0.255 e. The van der Waals surface area contributed by atoms with Gasteiger partial charge < -0.3 is 11.1 Å². The highest BCUT2D eigenvalue weighted by molar-refractivity contribution is 6.30. The van der Waals surface area contributed by atoms with Crippen LogP contribution in [0.5, 0.6) is 0 Å². The van der Waals surface area contributed by atoms with Crippen molar-refractivity contribution < 1.29 is 9.59 Å². The van der Waals surface area contributed by atoms with Crippen LogP contribution in [0.15, 0.2) is 53.5 Å². The van der Waals surface area contributed by atoms with Crippen molar-refractivity contribution in [3.05, 3.63) is 64.7 Å². The van der Waals surface area contributed by atoms with Crippen molar-refractivity contribution in [2.45, 2.75) is 18.9 Å². The molecule has 1 aliphatic heterocycles. The van der Waals surface area contributed by atoms with Gasteiger partial charge in [0, 0.05) is 23.3 Å². The summed E-state index contributed by atoms with van der Waals surface area (Å²) < 4.78 is 0. The molecule has 0 spiro atoms. The Kier molecular flexibility index (Phi) is 4.70. The first-order valence-corrected chi connectivity index (χ1v) is 8.46. The smallest absolute Gasteiger partial charge is 0.255 e. The van der Waals surface area contributed by atoms with Crippen molar-refractivity contribution >= 4 is 35.1 Å². The van der Waals surface area contributed by atoms with Crippen LogP contribution >= 0.6 is 11.6 Å². The molecule has 0 saturated carbocycles. The molecular weight excluding hydrogens is 352 g/mol. The summed E-state index contributed by atoms with van der Waals surface area (Å²) in [5.41, 5.74) is 7.01. The Morgan fingerprint density at radius 3 is 2.62 bits per heavy atom. The second-order valence-electron chi connectivity index (χ2n) is 6.42. The van der Waals surface area contributed by atoms with Crippen molar-refractivity contribution in [2.24, 2.45) is 10.7 Å². The molecule has 1 atom stereocenters. The number of hydrogen-bond acceptors (Lipinski definition) is 4. The van der Waals surface area contributed by atoms with Gasteiger partial charge in [0.2, 0.25) is 5.91 Å². The zero-order valence-electron chi connectivity index (χ0n) is 14.5. The van der Waals surface area contributed by atoms with E-state index in [1.165, 1.54) is 4.90 Å². The van der Waals surface area contributed by atoms with Gasteiger partial charge >= 0.3 is 0 Å². The van der Waals surface area contributed by atoms with Crippen molar-refractivity contribution in [1.82, 2.24) is 4.90 Å². The number of nitrogens with one attached hydrogen (secondary N) is 1. The summed E-state index contributed by atoms with van der Waals surface area (Å²) in [6.07, 6.45) is 0.207. The molecule has 3 N–H and O–H groups in total. The highest BCUT2D eigenvalue weighted by atomic mass is 35.5. The standard InChI is InChI=1S/C19H19ClN4O2/c1-19(11-16(25)24(2)18(21)23-19)13-4-3-5-15(10-13)22-17(26)12-6-8-14(20)9-7-12/h3-10H,11H2,1-2H3,(H2,21,23)(H,22,26). The second kappa shape index (κ2) is 6.80. The second-order valence-corrected chi connectivity index (χ2v) is 6.85. The number of aliphatic imine (C=N–C) groups is 1. The van der Waals surface area contributed by atoms with Gasteiger partial charge in [-0.1, -0.05) is 23.7 Å². The molecule has 2 aromatic rings. The van der Waals surface area contributed by atoms with Crippen molar-refractivity contribution in [3.8, 4) is 0 Å². The first kappa shape index (κ1) is 17.9. The van der Waals surface area contributed by atoms with E-state index in [0.717, 1.165) is 5.56 Å². The summed E-state index contributed by atoms with van der Waals surface area (Å²) in [6, 6.07) is 13.9. The average molecular weight is 371 g/mol. The Morgan fingerprint density at radius 1 is 1.27 bits per heavy atom. The number of amides is 2. The Morgan fingerprint density at radius 2 is 1.96 bits per heavy atom. The number of anilines is 1. The summed E-state index contributed by atoms with van der Waals surface area (Å²) in [6.45, 7) is 1.85. The molecule has 0 radical (unpaired) electrons. The average Bonchev–Trinajstić information content (AvgIpc) is 2.60. The molecule has 6 nitrogen and oxygen atoms in total. The van der Waals surface area contributed by atoms with Crippen molar-refractivity contribution in [2.75, 3.05) is 12.4 Å². The number of nitrogens with two attached hydrogens (primary N) is 1. The van der Waals surface area contributed by atoms with Crippen LogP contribution in [0.3, 0.4) is 0 Å². The van der Waals surface area contributed by atoms with Gasteiger partial charge in [0.15, 0.2) is 5.96 Å². The van der Waals surface area contributed by atoms with Crippen LogP contribution < -0.4 is 11.1 Å². The summed E-state index contributed by atoms with van der Waals surface area (Å²) in [4.78, 5) is 30.3. The number of carbonyl (C=O) groups is 2. The number of nitrogens with zero attached hydrogens (tertiary/aromatic N) is 2. The van der Waals surface area contributed by atoms with Crippen LogP contribution in [0.2, 0.25) is 5.02 Å². The predicted molar refractivity (Wildman–Crippen MR) is 102 cm³/mol. The minimum atomic E-state index is -0.769. The third-order valence-corrected chi connectivity index (χ3v) is 4.68. The first-order valence-electron chi connectivity index (χ1n) is 8.08. The van der Waals surface area contributed by atoms with Gasteiger partial charge in [-0.3, -0.25) is 14.5 Å². The molecule has 2 aromatic carbocycles. The maximum atomic E-state index is 12.4. The third kappa shape index (κ3) is 3.55. The molecule has 0 saturated heterocycles. The maximum absolute atomic E-state index is 12.4. The van der Waals surface area contributed by atoms with Gasteiger partial charge in [-0.2, -0.15) is 0 Å². The topological polar surface area (TPSA) is 87.8 Å². The van der Waals surface area contributed by atoms with Gasteiger partial charge in [-0.05, 0) is 48.9 Å². The fraction of sp³-hybridized carbons (Fsp3) is 0.211.